The van der Waals surface area contributed by atoms with E-state index < -0.39 is 0 Å². The number of phenolic OH excluding ortho intramolecular Hbond substituents is 1. The molecular weight excluding hydrogens is 302 g/mol. The van der Waals surface area contributed by atoms with Crippen molar-refractivity contribution in [2.75, 3.05) is 0 Å². The predicted molar refractivity (Wildman–Crippen MR) is 92.3 cm³/mol. The second-order valence-corrected chi connectivity index (χ2v) is 5.60. The number of nitrogens with zero attached hydrogens (tertiary/aromatic N) is 2. The van der Waals surface area contributed by atoms with Crippen molar-refractivity contribution in [1.82, 2.24) is 15.1 Å². The third-order valence-corrected chi connectivity index (χ3v) is 4.02. The lowest BCUT2D eigenvalue weighted by Gasteiger charge is -2.08. The molecule has 3 aromatic rings. The molecule has 0 radical (unpaired) electrons. The van der Waals surface area contributed by atoms with Gasteiger partial charge in [0.25, 0.3) is 5.91 Å². The Kier molecular flexibility index (Phi) is 4.33. The fourth-order valence-corrected chi connectivity index (χ4v) is 2.68. The minimum absolute atomic E-state index is 0.0246. The number of aromatic hydroxyl groups is 1. The van der Waals surface area contributed by atoms with Crippen LogP contribution in [0.2, 0.25) is 0 Å². The molecule has 0 saturated heterocycles. The highest BCUT2D eigenvalue weighted by Gasteiger charge is 2.15. The second kappa shape index (κ2) is 6.58. The molecule has 5 heteroatoms. The van der Waals surface area contributed by atoms with Crippen LogP contribution in [0, 0.1) is 13.8 Å². The topological polar surface area (TPSA) is 67.2 Å². The number of aromatic nitrogens is 2. The number of carbonyl (C=O) groups excluding carboxylic acids is 1. The minimum Gasteiger partial charge on any atom is -0.507 e. The maximum Gasteiger partial charge on any atom is 0.255 e. The molecule has 2 aromatic carbocycles. The number of amides is 1. The molecule has 0 aliphatic heterocycles. The van der Waals surface area contributed by atoms with E-state index in [1.165, 1.54) is 6.07 Å². The summed E-state index contributed by atoms with van der Waals surface area (Å²) in [6.45, 7) is 4.26. The monoisotopic (exact) mass is 321 g/mol. The average molecular weight is 321 g/mol. The molecule has 5 nitrogen and oxygen atoms in total. The highest BCUT2D eigenvalue weighted by atomic mass is 16.3. The van der Waals surface area contributed by atoms with E-state index in [1.807, 2.05) is 48.9 Å². The number of benzene rings is 2. The zero-order chi connectivity index (χ0) is 17.1. The Morgan fingerprint density at radius 2 is 1.75 bits per heavy atom. The van der Waals surface area contributed by atoms with Gasteiger partial charge in [-0.2, -0.15) is 5.10 Å². The molecule has 3 rings (SSSR count). The van der Waals surface area contributed by atoms with Crippen molar-refractivity contribution in [3.8, 4) is 11.4 Å². The van der Waals surface area contributed by atoms with E-state index in [0.29, 0.717) is 6.54 Å². The Bertz CT molecular complexity index is 870. The number of rotatable bonds is 4. The quantitative estimate of drug-likeness (QED) is 0.776. The van der Waals surface area contributed by atoms with E-state index >= 15 is 0 Å². The van der Waals surface area contributed by atoms with Gasteiger partial charge in [0.15, 0.2) is 0 Å². The molecule has 0 saturated carbocycles. The third-order valence-electron chi connectivity index (χ3n) is 4.02. The van der Waals surface area contributed by atoms with Gasteiger partial charge in [0, 0.05) is 17.8 Å². The van der Waals surface area contributed by atoms with Gasteiger partial charge < -0.3 is 10.4 Å². The summed E-state index contributed by atoms with van der Waals surface area (Å²) in [5.74, 6) is -0.331. The summed E-state index contributed by atoms with van der Waals surface area (Å²) in [6, 6.07) is 16.4. The molecule has 2 N–H and O–H groups in total. The molecule has 0 unspecified atom stereocenters. The number of hydrogen-bond donors (Lipinski definition) is 2. The summed E-state index contributed by atoms with van der Waals surface area (Å²) in [5, 5.41) is 17.2. The number of phenols is 1. The summed E-state index contributed by atoms with van der Waals surface area (Å²) in [6.07, 6.45) is 0. The van der Waals surface area contributed by atoms with Crippen molar-refractivity contribution >= 4 is 5.91 Å². The second-order valence-electron chi connectivity index (χ2n) is 5.60. The van der Waals surface area contributed by atoms with Crippen LogP contribution in [0.1, 0.15) is 27.3 Å². The molecule has 1 heterocycles. The Hall–Kier alpha value is -3.08. The van der Waals surface area contributed by atoms with Crippen LogP contribution in [0.25, 0.3) is 5.69 Å². The van der Waals surface area contributed by atoms with Crippen LogP contribution >= 0.6 is 0 Å². The van der Waals surface area contributed by atoms with E-state index in [4.69, 9.17) is 0 Å². The maximum atomic E-state index is 12.2. The smallest absolute Gasteiger partial charge is 0.255 e. The van der Waals surface area contributed by atoms with Gasteiger partial charge in [-0.15, -0.1) is 0 Å². The lowest BCUT2D eigenvalue weighted by atomic mass is 10.1. The fraction of sp³-hybridized carbons (Fsp3) is 0.158. The molecule has 0 atom stereocenters. The molecule has 1 aromatic heterocycles. The number of nitrogens with one attached hydrogen (secondary N) is 1. The fourth-order valence-electron chi connectivity index (χ4n) is 2.68. The first-order valence-corrected chi connectivity index (χ1v) is 7.74. The molecule has 1 amide bonds. The molecule has 0 aliphatic carbocycles. The Labute approximate surface area is 140 Å². The number of carbonyl (C=O) groups is 1. The number of para-hydroxylation sites is 2. The van der Waals surface area contributed by atoms with Crippen LogP contribution in [0.3, 0.4) is 0 Å². The summed E-state index contributed by atoms with van der Waals surface area (Å²) < 4.78 is 1.87. The molecular formula is C19H19N3O2. The van der Waals surface area contributed by atoms with E-state index in [9.17, 15) is 9.90 Å². The van der Waals surface area contributed by atoms with E-state index in [2.05, 4.69) is 10.4 Å². The van der Waals surface area contributed by atoms with Crippen molar-refractivity contribution in [2.45, 2.75) is 20.4 Å². The van der Waals surface area contributed by atoms with Gasteiger partial charge in [-0.3, -0.25) is 4.79 Å². The minimum atomic E-state index is -0.306. The van der Waals surface area contributed by atoms with Gasteiger partial charge in [-0.1, -0.05) is 30.3 Å². The van der Waals surface area contributed by atoms with E-state index in [0.717, 1.165) is 22.6 Å². The highest BCUT2D eigenvalue weighted by Crippen LogP contribution is 2.19. The van der Waals surface area contributed by atoms with Crippen molar-refractivity contribution < 1.29 is 9.90 Å². The third kappa shape index (κ3) is 3.01. The van der Waals surface area contributed by atoms with Crippen LogP contribution < -0.4 is 5.32 Å². The van der Waals surface area contributed by atoms with Crippen molar-refractivity contribution in [3.63, 3.8) is 0 Å². The van der Waals surface area contributed by atoms with Gasteiger partial charge in [0.05, 0.1) is 16.9 Å². The Balaban J connectivity index is 1.80. The van der Waals surface area contributed by atoms with Crippen LogP contribution in [0.5, 0.6) is 5.75 Å². The molecule has 24 heavy (non-hydrogen) atoms. The predicted octanol–water partition coefficient (Wildman–Crippen LogP) is 3.12. The molecule has 0 spiro atoms. The maximum absolute atomic E-state index is 12.2. The Morgan fingerprint density at radius 3 is 2.46 bits per heavy atom. The normalized spacial score (nSPS) is 10.6. The highest BCUT2D eigenvalue weighted by molar-refractivity contribution is 5.96. The Morgan fingerprint density at radius 1 is 1.08 bits per heavy atom. The SMILES string of the molecule is Cc1nn(-c2ccccc2)c(C)c1CNC(=O)c1ccccc1O. The number of hydrogen-bond acceptors (Lipinski definition) is 3. The molecule has 122 valence electrons. The van der Waals surface area contributed by atoms with Crippen LogP contribution in [-0.4, -0.2) is 20.8 Å². The zero-order valence-electron chi connectivity index (χ0n) is 13.7. The van der Waals surface area contributed by atoms with Gasteiger partial charge in [0.1, 0.15) is 5.75 Å². The van der Waals surface area contributed by atoms with Gasteiger partial charge in [-0.25, -0.2) is 4.68 Å². The van der Waals surface area contributed by atoms with Gasteiger partial charge in [-0.05, 0) is 38.1 Å². The van der Waals surface area contributed by atoms with E-state index in [1.54, 1.807) is 18.2 Å². The lowest BCUT2D eigenvalue weighted by molar-refractivity contribution is 0.0948. The molecule has 0 aliphatic rings. The van der Waals surface area contributed by atoms with Gasteiger partial charge in [0.2, 0.25) is 0 Å². The molecule has 0 bridgehead atoms. The average Bonchev–Trinajstić information content (AvgIpc) is 2.88. The van der Waals surface area contributed by atoms with Gasteiger partial charge >= 0.3 is 0 Å². The van der Waals surface area contributed by atoms with Crippen LogP contribution in [0.15, 0.2) is 54.6 Å². The zero-order valence-corrected chi connectivity index (χ0v) is 13.7. The van der Waals surface area contributed by atoms with Crippen LogP contribution in [0.4, 0.5) is 0 Å². The van der Waals surface area contributed by atoms with Crippen molar-refractivity contribution in [2.24, 2.45) is 0 Å². The number of aryl methyl sites for hydroxylation is 1. The van der Waals surface area contributed by atoms with Crippen LogP contribution in [-0.2, 0) is 6.54 Å². The summed E-state index contributed by atoms with van der Waals surface area (Å²) in [5.41, 5.74) is 4.08. The lowest BCUT2D eigenvalue weighted by Crippen LogP contribution is -2.23. The van der Waals surface area contributed by atoms with Crippen molar-refractivity contribution in [3.05, 3.63) is 77.1 Å². The summed E-state index contributed by atoms with van der Waals surface area (Å²) >= 11 is 0. The standard InChI is InChI=1S/C19H19N3O2/c1-13-17(12-20-19(24)16-10-6-7-11-18(16)23)14(2)22(21-13)15-8-4-3-5-9-15/h3-11,23H,12H2,1-2H3,(H,20,24). The summed E-state index contributed by atoms with van der Waals surface area (Å²) in [7, 11) is 0. The first-order chi connectivity index (χ1) is 11.6. The van der Waals surface area contributed by atoms with E-state index in [-0.39, 0.29) is 17.2 Å². The first-order valence-electron chi connectivity index (χ1n) is 7.74. The molecule has 0 fully saturated rings. The largest absolute Gasteiger partial charge is 0.507 e. The first kappa shape index (κ1) is 15.8. The van der Waals surface area contributed by atoms with Crippen molar-refractivity contribution in [1.29, 1.82) is 0 Å². The summed E-state index contributed by atoms with van der Waals surface area (Å²) in [4.78, 5) is 12.2.